The summed E-state index contributed by atoms with van der Waals surface area (Å²) < 4.78 is 0. The van der Waals surface area contributed by atoms with Crippen molar-refractivity contribution in [1.29, 1.82) is 5.26 Å². The molecule has 0 bridgehead atoms. The van der Waals surface area contributed by atoms with Gasteiger partial charge in [-0.15, -0.1) is 0 Å². The monoisotopic (exact) mass is 92.0 g/mol. The van der Waals surface area contributed by atoms with Crippen molar-refractivity contribution in [2.45, 2.75) is 6.42 Å². The zero-order valence-electron chi connectivity index (χ0n) is 3.89. The Labute approximate surface area is 42.6 Å². The number of rotatable bonds is 0. The first-order valence-electron chi connectivity index (χ1n) is 2.19. The molecule has 0 aromatic rings. The molecule has 7 heavy (non-hydrogen) atoms. The summed E-state index contributed by atoms with van der Waals surface area (Å²) in [6.45, 7) is 0. The van der Waals surface area contributed by atoms with Crippen LogP contribution < -0.4 is 0 Å². The summed E-state index contributed by atoms with van der Waals surface area (Å²) in [7, 11) is 0. The number of hydrogen-bond acceptors (Lipinski definition) is 1. The Morgan fingerprint density at radius 1 is 1.71 bits per heavy atom. The maximum absolute atomic E-state index is 8.21. The first-order chi connectivity index (χ1) is 3.43. The highest BCUT2D eigenvalue weighted by molar-refractivity contribution is 5.33. The number of nitriles is 1. The van der Waals surface area contributed by atoms with E-state index in [2.05, 4.69) is 6.07 Å². The van der Waals surface area contributed by atoms with Crippen LogP contribution in [0.4, 0.5) is 0 Å². The van der Waals surface area contributed by atoms with Crippen LogP contribution in [0, 0.1) is 11.3 Å². The standard InChI is InChI=1S/C6H5N/c7-5-6-3-1-2-4-6/h1-3H,4H2/i5+1. The van der Waals surface area contributed by atoms with Gasteiger partial charge in [-0.25, -0.2) is 0 Å². The Balaban J connectivity index is 2.67. The first kappa shape index (κ1) is 4.14. The Morgan fingerprint density at radius 2 is 2.57 bits per heavy atom. The minimum absolute atomic E-state index is 0.830. The average Bonchev–Trinajstić information content (AvgIpc) is 2.14. The number of allylic oxidation sites excluding steroid dienone is 4. The molecule has 0 aliphatic heterocycles. The third kappa shape index (κ3) is 0.690. The van der Waals surface area contributed by atoms with Crippen LogP contribution in [0.25, 0.3) is 0 Å². The van der Waals surface area contributed by atoms with Crippen molar-refractivity contribution in [2.24, 2.45) is 0 Å². The minimum atomic E-state index is 0.830. The van der Waals surface area contributed by atoms with Gasteiger partial charge in [0.2, 0.25) is 0 Å². The van der Waals surface area contributed by atoms with Crippen LogP contribution in [0.1, 0.15) is 6.42 Å². The van der Waals surface area contributed by atoms with Crippen LogP contribution in [-0.4, -0.2) is 0 Å². The topological polar surface area (TPSA) is 23.8 Å². The summed E-state index contributed by atoms with van der Waals surface area (Å²) in [6, 6.07) is 2.06. The smallest absolute Gasteiger partial charge is 0.0950 e. The third-order valence-corrected chi connectivity index (χ3v) is 0.915. The van der Waals surface area contributed by atoms with Gasteiger partial charge in [-0.05, 0) is 6.08 Å². The highest BCUT2D eigenvalue weighted by atomic mass is 14.4. The van der Waals surface area contributed by atoms with Crippen LogP contribution in [-0.2, 0) is 0 Å². The number of nitrogens with zero attached hydrogens (tertiary/aromatic N) is 1. The molecule has 1 aliphatic carbocycles. The highest BCUT2D eigenvalue weighted by Gasteiger charge is 1.92. The Bertz CT molecular complexity index is 158. The quantitative estimate of drug-likeness (QED) is 0.414. The maximum atomic E-state index is 8.21. The minimum Gasteiger partial charge on any atom is -0.193 e. The van der Waals surface area contributed by atoms with Gasteiger partial charge >= 0.3 is 0 Å². The van der Waals surface area contributed by atoms with Crippen molar-refractivity contribution in [2.75, 3.05) is 0 Å². The summed E-state index contributed by atoms with van der Waals surface area (Å²) in [5.74, 6) is 0. The van der Waals surface area contributed by atoms with Crippen molar-refractivity contribution >= 4 is 0 Å². The lowest BCUT2D eigenvalue weighted by Crippen LogP contribution is -1.64. The van der Waals surface area contributed by atoms with Crippen molar-refractivity contribution in [3.8, 4) is 6.07 Å². The van der Waals surface area contributed by atoms with Crippen LogP contribution in [0.3, 0.4) is 0 Å². The molecule has 34 valence electrons. The highest BCUT2D eigenvalue weighted by Crippen LogP contribution is 2.06. The SMILES string of the molecule is N#[13C]C1=CC=CC1. The molecule has 0 atom stereocenters. The summed E-state index contributed by atoms with van der Waals surface area (Å²) in [6.07, 6.45) is 6.54. The van der Waals surface area contributed by atoms with Gasteiger partial charge in [0, 0.05) is 12.0 Å². The van der Waals surface area contributed by atoms with Gasteiger partial charge in [-0.3, -0.25) is 0 Å². The molecule has 0 amide bonds. The Hall–Kier alpha value is -1.03. The largest absolute Gasteiger partial charge is 0.193 e. The fourth-order valence-corrected chi connectivity index (χ4v) is 0.530. The van der Waals surface area contributed by atoms with Crippen LogP contribution >= 0.6 is 0 Å². The molecule has 0 heterocycles. The first-order valence-corrected chi connectivity index (χ1v) is 2.19. The fourth-order valence-electron chi connectivity index (χ4n) is 0.530. The molecule has 1 heteroatoms. The maximum Gasteiger partial charge on any atom is 0.0950 e. The van der Waals surface area contributed by atoms with E-state index in [0.29, 0.717) is 0 Å². The molecule has 1 rings (SSSR count). The van der Waals surface area contributed by atoms with Crippen LogP contribution in [0.2, 0.25) is 0 Å². The predicted octanol–water partition coefficient (Wildman–Crippen LogP) is 1.40. The molecular formula is C6H5N. The molecule has 1 aliphatic rings. The van der Waals surface area contributed by atoms with E-state index in [1.54, 1.807) is 0 Å². The summed E-state index contributed by atoms with van der Waals surface area (Å²) in [4.78, 5) is 0. The van der Waals surface area contributed by atoms with E-state index >= 15 is 0 Å². The van der Waals surface area contributed by atoms with Crippen molar-refractivity contribution < 1.29 is 0 Å². The number of hydrogen-bond donors (Lipinski definition) is 0. The van der Waals surface area contributed by atoms with E-state index in [0.717, 1.165) is 12.0 Å². The molecule has 1 nitrogen and oxygen atoms in total. The van der Waals surface area contributed by atoms with E-state index < -0.39 is 0 Å². The second kappa shape index (κ2) is 1.61. The fraction of sp³-hybridized carbons (Fsp3) is 0.167. The molecule has 0 fully saturated rings. The van der Waals surface area contributed by atoms with Crippen molar-refractivity contribution in [3.05, 3.63) is 23.8 Å². The van der Waals surface area contributed by atoms with E-state index in [4.69, 9.17) is 5.26 Å². The third-order valence-electron chi connectivity index (χ3n) is 0.915. The molecule has 0 spiro atoms. The van der Waals surface area contributed by atoms with Crippen LogP contribution in [0.15, 0.2) is 23.8 Å². The zero-order chi connectivity index (χ0) is 5.11. The molecule has 0 aromatic heterocycles. The van der Waals surface area contributed by atoms with E-state index in [1.165, 1.54) is 0 Å². The van der Waals surface area contributed by atoms with Gasteiger partial charge in [0.15, 0.2) is 0 Å². The van der Waals surface area contributed by atoms with Gasteiger partial charge < -0.3 is 0 Å². The van der Waals surface area contributed by atoms with Gasteiger partial charge in [0.05, 0.1) is 6.07 Å². The summed E-state index contributed by atoms with van der Waals surface area (Å²) in [5, 5.41) is 8.21. The van der Waals surface area contributed by atoms with Gasteiger partial charge in [0.25, 0.3) is 0 Å². The molecule has 0 unspecified atom stereocenters. The lowest BCUT2D eigenvalue weighted by molar-refractivity contribution is 1.32. The molecule has 0 radical (unpaired) electrons. The van der Waals surface area contributed by atoms with Gasteiger partial charge in [-0.1, -0.05) is 12.2 Å². The summed E-state index contributed by atoms with van der Waals surface area (Å²) in [5.41, 5.74) is 0.861. The second-order valence-corrected chi connectivity index (χ2v) is 1.44. The van der Waals surface area contributed by atoms with E-state index in [1.807, 2.05) is 18.2 Å². The van der Waals surface area contributed by atoms with E-state index in [-0.39, 0.29) is 0 Å². The lowest BCUT2D eigenvalue weighted by atomic mass is 10.4. The predicted molar refractivity (Wildman–Crippen MR) is 27.5 cm³/mol. The molecule has 0 aromatic carbocycles. The lowest BCUT2D eigenvalue weighted by Gasteiger charge is -1.75. The second-order valence-electron chi connectivity index (χ2n) is 1.44. The molecule has 0 saturated heterocycles. The Kier molecular flexibility index (Phi) is 0.953. The van der Waals surface area contributed by atoms with Crippen LogP contribution in [0.5, 0.6) is 0 Å². The Morgan fingerprint density at radius 3 is 2.86 bits per heavy atom. The average molecular weight is 92.1 g/mol. The molecule has 0 N–H and O–H groups in total. The van der Waals surface area contributed by atoms with Gasteiger partial charge in [-0.2, -0.15) is 5.26 Å². The van der Waals surface area contributed by atoms with Crippen molar-refractivity contribution in [3.63, 3.8) is 0 Å². The van der Waals surface area contributed by atoms with E-state index in [9.17, 15) is 0 Å². The molecular weight excluding hydrogens is 87.1 g/mol. The zero-order valence-corrected chi connectivity index (χ0v) is 3.89. The molecule has 0 saturated carbocycles. The summed E-state index contributed by atoms with van der Waals surface area (Å²) >= 11 is 0. The normalized spacial score (nSPS) is 16.1. The van der Waals surface area contributed by atoms with Crippen molar-refractivity contribution in [1.82, 2.24) is 0 Å². The van der Waals surface area contributed by atoms with Gasteiger partial charge in [0.1, 0.15) is 0 Å².